The lowest BCUT2D eigenvalue weighted by molar-refractivity contribution is -0.149. The molecule has 4 aromatic carbocycles. The molecule has 0 atom stereocenters. The fourth-order valence-electron chi connectivity index (χ4n) is 4.12. The van der Waals surface area contributed by atoms with E-state index in [1.165, 1.54) is 6.07 Å². The quantitative estimate of drug-likeness (QED) is 0.165. The number of ether oxygens (including phenoxy) is 1. The fraction of sp³-hybridized carbons (Fsp3) is 0.111. The molecule has 5 rings (SSSR count). The van der Waals surface area contributed by atoms with E-state index in [0.717, 1.165) is 0 Å². The van der Waals surface area contributed by atoms with Crippen LogP contribution < -0.4 is 4.74 Å². The average Bonchev–Trinajstić information content (AvgIpc) is 2.86. The second kappa shape index (κ2) is 9.14. The van der Waals surface area contributed by atoms with Gasteiger partial charge in [-0.25, -0.2) is 0 Å². The molecule has 39 heavy (non-hydrogen) atoms. The third-order valence-corrected chi connectivity index (χ3v) is 5.89. The maximum absolute atomic E-state index is 13.8. The van der Waals surface area contributed by atoms with E-state index < -0.39 is 59.0 Å². The van der Waals surface area contributed by atoms with Crippen LogP contribution in [0.15, 0.2) is 78.9 Å². The zero-order valence-corrected chi connectivity index (χ0v) is 19.2. The molecule has 0 amide bonds. The van der Waals surface area contributed by atoms with Gasteiger partial charge in [0.2, 0.25) is 5.88 Å². The summed E-state index contributed by atoms with van der Waals surface area (Å²) >= 11 is 0. The molecule has 0 aliphatic rings. The van der Waals surface area contributed by atoms with Gasteiger partial charge in [-0.3, -0.25) is 0 Å². The molecule has 0 unspecified atom stereocenters. The minimum Gasteiger partial charge on any atom is -0.436 e. The first-order valence-electron chi connectivity index (χ1n) is 11.1. The molecule has 0 fully saturated rings. The van der Waals surface area contributed by atoms with Gasteiger partial charge < -0.3 is 4.74 Å². The number of benzene rings is 4. The van der Waals surface area contributed by atoms with Crippen LogP contribution in [0.3, 0.4) is 0 Å². The monoisotopic (exact) mass is 552 g/mol. The number of hydrogen-bond acceptors (Lipinski definition) is 3. The van der Waals surface area contributed by atoms with Gasteiger partial charge in [-0.1, -0.05) is 54.6 Å². The summed E-state index contributed by atoms with van der Waals surface area (Å²) in [7, 11) is 0. The second-order valence-electron chi connectivity index (χ2n) is 8.46. The normalized spacial score (nSPS) is 12.7. The first kappa shape index (κ1) is 26.3. The standard InChI is InChI=1S/C27H13F9N2O/c28-25(29,30)17-12-20(26(31,32)33)23(21(13-17)27(34,35)36)39-24-19-11-16-9-5-4-8-15(16)10-18(19)22(37-38-24)14-6-2-1-3-7-14/h1-13H. The number of alkyl halides is 9. The number of halogens is 9. The molecular formula is C27H13F9N2O. The highest BCUT2D eigenvalue weighted by Gasteiger charge is 2.46. The highest BCUT2D eigenvalue weighted by molar-refractivity contribution is 6.05. The zero-order chi connectivity index (χ0) is 28.2. The van der Waals surface area contributed by atoms with Crippen molar-refractivity contribution in [1.29, 1.82) is 0 Å². The summed E-state index contributed by atoms with van der Waals surface area (Å²) in [5.41, 5.74) is -5.82. The summed E-state index contributed by atoms with van der Waals surface area (Å²) in [6, 6.07) is 17.5. The predicted octanol–water partition coefficient (Wildman–Crippen LogP) is 9.30. The van der Waals surface area contributed by atoms with Gasteiger partial charge in [0.15, 0.2) is 5.75 Å². The maximum atomic E-state index is 13.8. The van der Waals surface area contributed by atoms with E-state index in [1.807, 2.05) is 0 Å². The van der Waals surface area contributed by atoms with E-state index >= 15 is 0 Å². The lowest BCUT2D eigenvalue weighted by atomic mass is 10.00. The van der Waals surface area contributed by atoms with Crippen molar-refractivity contribution in [3.8, 4) is 22.9 Å². The number of rotatable bonds is 3. The summed E-state index contributed by atoms with van der Waals surface area (Å²) in [4.78, 5) is 0. The molecule has 1 aromatic heterocycles. The van der Waals surface area contributed by atoms with Crippen LogP contribution in [0.25, 0.3) is 32.8 Å². The van der Waals surface area contributed by atoms with Crippen molar-refractivity contribution in [2.75, 3.05) is 0 Å². The van der Waals surface area contributed by atoms with Crippen molar-refractivity contribution in [3.05, 3.63) is 95.6 Å². The summed E-state index contributed by atoms with van der Waals surface area (Å²) in [5.74, 6) is -2.61. The summed E-state index contributed by atoms with van der Waals surface area (Å²) in [6.45, 7) is 0. The molecule has 0 saturated carbocycles. The third kappa shape index (κ3) is 5.06. The molecule has 0 saturated heterocycles. The Labute approximate surface area is 213 Å². The molecule has 3 nitrogen and oxygen atoms in total. The van der Waals surface area contributed by atoms with Crippen LogP contribution in [-0.4, -0.2) is 10.2 Å². The lowest BCUT2D eigenvalue weighted by Crippen LogP contribution is -2.18. The molecule has 1 heterocycles. The summed E-state index contributed by atoms with van der Waals surface area (Å²) < 4.78 is 128. The van der Waals surface area contributed by atoms with Gasteiger partial charge in [0, 0.05) is 16.3 Å². The van der Waals surface area contributed by atoms with E-state index in [0.29, 0.717) is 21.7 Å². The Morgan fingerprint density at radius 3 is 1.56 bits per heavy atom. The summed E-state index contributed by atoms with van der Waals surface area (Å²) in [6.07, 6.45) is -16.7. The molecule has 0 bridgehead atoms. The van der Waals surface area contributed by atoms with Gasteiger partial charge in [0.25, 0.3) is 0 Å². The zero-order valence-electron chi connectivity index (χ0n) is 19.2. The Morgan fingerprint density at radius 2 is 1.05 bits per heavy atom. The van der Waals surface area contributed by atoms with E-state index in [-0.39, 0.29) is 11.1 Å². The third-order valence-electron chi connectivity index (χ3n) is 5.89. The fourth-order valence-corrected chi connectivity index (χ4v) is 4.12. The van der Waals surface area contributed by atoms with Crippen molar-refractivity contribution < 1.29 is 44.3 Å². The minimum absolute atomic E-state index is 0.00343. The Balaban J connectivity index is 1.81. The van der Waals surface area contributed by atoms with Crippen LogP contribution >= 0.6 is 0 Å². The van der Waals surface area contributed by atoms with Crippen molar-refractivity contribution in [1.82, 2.24) is 10.2 Å². The van der Waals surface area contributed by atoms with Crippen LogP contribution in [0, 0.1) is 0 Å². The van der Waals surface area contributed by atoms with Gasteiger partial charge in [-0.05, 0) is 35.0 Å². The molecule has 200 valence electrons. The predicted molar refractivity (Wildman–Crippen MR) is 124 cm³/mol. The molecule has 0 N–H and O–H groups in total. The Kier molecular flexibility index (Phi) is 6.15. The van der Waals surface area contributed by atoms with Crippen LogP contribution in [-0.2, 0) is 18.5 Å². The van der Waals surface area contributed by atoms with Gasteiger partial charge >= 0.3 is 18.5 Å². The Bertz CT molecular complexity index is 1660. The van der Waals surface area contributed by atoms with Crippen LogP contribution in [0.5, 0.6) is 11.6 Å². The number of nitrogens with zero attached hydrogens (tertiary/aromatic N) is 2. The van der Waals surface area contributed by atoms with Crippen molar-refractivity contribution >= 4 is 21.5 Å². The molecule has 0 radical (unpaired) electrons. The Morgan fingerprint density at radius 1 is 0.538 bits per heavy atom. The molecular weight excluding hydrogens is 539 g/mol. The molecule has 0 aliphatic carbocycles. The van der Waals surface area contributed by atoms with Crippen LogP contribution in [0.1, 0.15) is 16.7 Å². The number of hydrogen-bond donors (Lipinski definition) is 0. The number of fused-ring (bicyclic) bond motifs is 2. The van der Waals surface area contributed by atoms with Gasteiger partial charge in [-0.15, -0.1) is 10.2 Å². The van der Waals surface area contributed by atoms with Crippen molar-refractivity contribution in [2.45, 2.75) is 18.5 Å². The molecule has 5 aromatic rings. The van der Waals surface area contributed by atoms with Gasteiger partial charge in [0.05, 0.1) is 16.7 Å². The SMILES string of the molecule is FC(F)(F)c1cc(C(F)(F)F)c(Oc2nnc(-c3ccccc3)c3cc4ccccc4cc23)c(C(F)(F)F)c1. The molecule has 12 heteroatoms. The van der Waals surface area contributed by atoms with Crippen molar-refractivity contribution in [2.24, 2.45) is 0 Å². The molecule has 0 spiro atoms. The van der Waals surface area contributed by atoms with Gasteiger partial charge in [-0.2, -0.15) is 39.5 Å². The minimum atomic E-state index is -5.63. The average molecular weight is 552 g/mol. The van der Waals surface area contributed by atoms with Crippen LogP contribution in [0.4, 0.5) is 39.5 Å². The maximum Gasteiger partial charge on any atom is 0.420 e. The summed E-state index contributed by atoms with van der Waals surface area (Å²) in [5, 5.41) is 9.31. The van der Waals surface area contributed by atoms with E-state index in [4.69, 9.17) is 4.74 Å². The van der Waals surface area contributed by atoms with Crippen LogP contribution in [0.2, 0.25) is 0 Å². The van der Waals surface area contributed by atoms with Crippen molar-refractivity contribution in [3.63, 3.8) is 0 Å². The van der Waals surface area contributed by atoms with E-state index in [1.54, 1.807) is 60.7 Å². The number of aromatic nitrogens is 2. The largest absolute Gasteiger partial charge is 0.436 e. The topological polar surface area (TPSA) is 35.0 Å². The van der Waals surface area contributed by atoms with Gasteiger partial charge in [0.1, 0.15) is 5.69 Å². The van der Waals surface area contributed by atoms with E-state index in [9.17, 15) is 39.5 Å². The van der Waals surface area contributed by atoms with E-state index in [2.05, 4.69) is 10.2 Å². The first-order chi connectivity index (χ1) is 18.2. The highest BCUT2D eigenvalue weighted by atomic mass is 19.4. The lowest BCUT2D eigenvalue weighted by Gasteiger charge is -2.21. The smallest absolute Gasteiger partial charge is 0.420 e. The Hall–Kier alpha value is -4.35. The first-order valence-corrected chi connectivity index (χ1v) is 11.1. The molecule has 0 aliphatic heterocycles. The highest BCUT2D eigenvalue weighted by Crippen LogP contribution is 2.49. The second-order valence-corrected chi connectivity index (χ2v) is 8.46.